The molecule has 0 bridgehead atoms. The van der Waals surface area contributed by atoms with Gasteiger partial charge in [-0.05, 0) is 65.8 Å². The molecular weight excluding hydrogens is 490 g/mol. The number of halogens is 1. The summed E-state index contributed by atoms with van der Waals surface area (Å²) in [6.45, 7) is 14.8. The van der Waals surface area contributed by atoms with Crippen LogP contribution in [-0.2, 0) is 25.3 Å². The number of benzene rings is 1. The van der Waals surface area contributed by atoms with Crippen molar-refractivity contribution < 1.29 is 23.5 Å². The summed E-state index contributed by atoms with van der Waals surface area (Å²) in [6.07, 6.45) is 2.06. The number of hydroxylamine groups is 2. The van der Waals surface area contributed by atoms with Gasteiger partial charge in [-0.3, -0.25) is 9.63 Å². The van der Waals surface area contributed by atoms with Crippen LogP contribution in [0.2, 0.25) is 18.1 Å². The summed E-state index contributed by atoms with van der Waals surface area (Å²) in [6, 6.07) is 5.59. The van der Waals surface area contributed by atoms with E-state index in [2.05, 4.69) is 49.8 Å². The zero-order chi connectivity index (χ0) is 23.3. The van der Waals surface area contributed by atoms with Crippen molar-refractivity contribution in [1.29, 1.82) is 0 Å². The van der Waals surface area contributed by atoms with E-state index >= 15 is 0 Å². The molecule has 0 amide bonds. The number of carbonyl (C=O) groups excluding carboxylic acids is 1. The molecule has 4 atom stereocenters. The molecule has 178 valence electrons. The molecule has 1 aliphatic carbocycles. The minimum Gasteiger partial charge on any atom is -0.492 e. The summed E-state index contributed by atoms with van der Waals surface area (Å²) in [5.74, 6) is 1.23. The van der Waals surface area contributed by atoms with Crippen LogP contribution in [0.4, 0.5) is 0 Å². The molecule has 2 aliphatic heterocycles. The predicted molar refractivity (Wildman–Crippen MR) is 129 cm³/mol. The zero-order valence-corrected chi connectivity index (χ0v) is 22.6. The van der Waals surface area contributed by atoms with Gasteiger partial charge in [0.25, 0.3) is 0 Å². The van der Waals surface area contributed by atoms with E-state index in [1.807, 2.05) is 25.1 Å². The van der Waals surface area contributed by atoms with Gasteiger partial charge in [0.05, 0.1) is 30.1 Å². The average Bonchev–Trinajstić information content (AvgIpc) is 3.37. The Morgan fingerprint density at radius 1 is 1.22 bits per heavy atom. The van der Waals surface area contributed by atoms with Crippen LogP contribution in [0.15, 0.2) is 22.7 Å². The largest absolute Gasteiger partial charge is 0.492 e. The summed E-state index contributed by atoms with van der Waals surface area (Å²) < 4.78 is 19.2. The van der Waals surface area contributed by atoms with Crippen LogP contribution < -0.4 is 4.74 Å². The molecule has 4 rings (SSSR count). The highest BCUT2D eigenvalue weighted by molar-refractivity contribution is 9.10. The van der Waals surface area contributed by atoms with E-state index in [4.69, 9.17) is 18.7 Å². The summed E-state index contributed by atoms with van der Waals surface area (Å²) in [4.78, 5) is 19.1. The van der Waals surface area contributed by atoms with E-state index in [0.717, 1.165) is 22.4 Å². The molecule has 2 heterocycles. The standard InChI is InChI=1S/C24H36BrNO5Si/c1-15-20-19(14-29-32(5,6)24(2,3)4)31-26(21(20)23(27)30-15)12-17-8-7-9-18(25)22(17)28-13-16-10-11-16/h7-9,15-16,19-21H,10-14H2,1-6H3/t15-,19-,20+,21-/m0/s1. The van der Waals surface area contributed by atoms with Gasteiger partial charge in [-0.25, -0.2) is 0 Å². The van der Waals surface area contributed by atoms with Crippen molar-refractivity contribution in [3.63, 3.8) is 0 Å². The van der Waals surface area contributed by atoms with Gasteiger partial charge in [0.15, 0.2) is 8.32 Å². The first kappa shape index (κ1) is 24.2. The molecule has 0 aromatic heterocycles. The van der Waals surface area contributed by atoms with Gasteiger partial charge >= 0.3 is 5.97 Å². The molecule has 0 unspecified atom stereocenters. The van der Waals surface area contributed by atoms with Crippen molar-refractivity contribution in [2.24, 2.45) is 11.8 Å². The number of hydrogen-bond acceptors (Lipinski definition) is 6. The Bertz CT molecular complexity index is 853. The fraction of sp³-hybridized carbons (Fsp3) is 0.708. The third-order valence-electron chi connectivity index (χ3n) is 7.41. The van der Waals surface area contributed by atoms with Gasteiger partial charge in [0.1, 0.15) is 24.0 Å². The molecule has 6 nitrogen and oxygen atoms in total. The first-order valence-electron chi connectivity index (χ1n) is 11.7. The van der Waals surface area contributed by atoms with Gasteiger partial charge in [-0.1, -0.05) is 32.9 Å². The summed E-state index contributed by atoms with van der Waals surface area (Å²) in [5, 5.41) is 1.91. The molecule has 1 aromatic rings. The van der Waals surface area contributed by atoms with E-state index in [1.165, 1.54) is 12.8 Å². The van der Waals surface area contributed by atoms with E-state index in [9.17, 15) is 4.79 Å². The second-order valence-electron chi connectivity index (χ2n) is 10.9. The number of ether oxygens (including phenoxy) is 2. The summed E-state index contributed by atoms with van der Waals surface area (Å²) in [5.41, 5.74) is 0.997. The maximum absolute atomic E-state index is 12.7. The highest BCUT2D eigenvalue weighted by Gasteiger charge is 2.57. The number of carbonyl (C=O) groups is 1. The topological polar surface area (TPSA) is 57.2 Å². The van der Waals surface area contributed by atoms with Crippen molar-refractivity contribution in [3.8, 4) is 5.75 Å². The monoisotopic (exact) mass is 525 g/mol. The number of esters is 1. The molecule has 0 radical (unpaired) electrons. The molecule has 3 aliphatic rings. The van der Waals surface area contributed by atoms with E-state index < -0.39 is 14.4 Å². The van der Waals surface area contributed by atoms with Gasteiger partial charge in [-0.15, -0.1) is 0 Å². The number of rotatable bonds is 8. The molecule has 1 saturated carbocycles. The smallest absolute Gasteiger partial charge is 0.326 e. The zero-order valence-electron chi connectivity index (χ0n) is 20.0. The average molecular weight is 527 g/mol. The minimum absolute atomic E-state index is 0.0461. The van der Waals surface area contributed by atoms with Crippen molar-refractivity contribution in [2.45, 2.75) is 83.5 Å². The van der Waals surface area contributed by atoms with Crippen LogP contribution in [-0.4, -0.2) is 50.8 Å². The Morgan fingerprint density at radius 3 is 2.59 bits per heavy atom. The number of nitrogens with zero attached hydrogens (tertiary/aromatic N) is 1. The van der Waals surface area contributed by atoms with E-state index in [0.29, 0.717) is 19.1 Å². The minimum atomic E-state index is -1.93. The lowest BCUT2D eigenvalue weighted by molar-refractivity contribution is -0.195. The molecule has 32 heavy (non-hydrogen) atoms. The molecule has 8 heteroatoms. The second kappa shape index (κ2) is 9.02. The highest BCUT2D eigenvalue weighted by Crippen LogP contribution is 2.42. The normalized spacial score (nSPS) is 28.7. The Morgan fingerprint density at radius 2 is 1.94 bits per heavy atom. The van der Waals surface area contributed by atoms with Crippen LogP contribution in [0, 0.1) is 11.8 Å². The first-order valence-corrected chi connectivity index (χ1v) is 15.4. The van der Waals surface area contributed by atoms with Crippen molar-refractivity contribution in [2.75, 3.05) is 13.2 Å². The van der Waals surface area contributed by atoms with Crippen molar-refractivity contribution in [3.05, 3.63) is 28.2 Å². The Labute approximate surface area is 201 Å². The van der Waals surface area contributed by atoms with Crippen molar-refractivity contribution in [1.82, 2.24) is 5.06 Å². The number of hydrogen-bond donors (Lipinski definition) is 0. The summed E-state index contributed by atoms with van der Waals surface area (Å²) >= 11 is 3.63. The van der Waals surface area contributed by atoms with Crippen LogP contribution >= 0.6 is 15.9 Å². The Hall–Kier alpha value is -0.933. The van der Waals surface area contributed by atoms with Crippen LogP contribution in [0.25, 0.3) is 0 Å². The fourth-order valence-electron chi connectivity index (χ4n) is 4.15. The van der Waals surface area contributed by atoms with Gasteiger partial charge in [-0.2, -0.15) is 5.06 Å². The number of para-hydroxylation sites is 1. The summed E-state index contributed by atoms with van der Waals surface area (Å²) in [7, 11) is -1.93. The third kappa shape index (κ3) is 4.94. The van der Waals surface area contributed by atoms with E-state index in [-0.39, 0.29) is 29.1 Å². The maximum atomic E-state index is 12.7. The lowest BCUT2D eigenvalue weighted by Crippen LogP contribution is -2.44. The predicted octanol–water partition coefficient (Wildman–Crippen LogP) is 5.31. The molecule has 3 fully saturated rings. The fourth-order valence-corrected chi connectivity index (χ4v) is 5.68. The maximum Gasteiger partial charge on any atom is 0.326 e. The van der Waals surface area contributed by atoms with Crippen LogP contribution in [0.1, 0.15) is 46.1 Å². The van der Waals surface area contributed by atoms with E-state index in [1.54, 1.807) is 5.06 Å². The lowest BCUT2D eigenvalue weighted by atomic mass is 9.93. The SMILES string of the molecule is C[C@@H]1OC(=O)[C@@H]2[C@H]1[C@H](CO[Si](C)(C)C(C)(C)C)ON2Cc1cccc(Br)c1OCC1CC1. The molecule has 1 aromatic carbocycles. The van der Waals surface area contributed by atoms with Gasteiger partial charge in [0.2, 0.25) is 0 Å². The van der Waals surface area contributed by atoms with Crippen molar-refractivity contribution >= 4 is 30.2 Å². The van der Waals surface area contributed by atoms with Crippen LogP contribution in [0.3, 0.4) is 0 Å². The second-order valence-corrected chi connectivity index (χ2v) is 16.6. The molecule has 0 N–H and O–H groups in total. The molecule has 0 spiro atoms. The highest BCUT2D eigenvalue weighted by atomic mass is 79.9. The Balaban J connectivity index is 1.51. The Kier molecular flexibility index (Phi) is 6.82. The first-order chi connectivity index (χ1) is 15.0. The quantitative estimate of drug-likeness (QED) is 0.338. The lowest BCUT2D eigenvalue weighted by Gasteiger charge is -2.37. The number of fused-ring (bicyclic) bond motifs is 1. The molecule has 2 saturated heterocycles. The number of cyclic esters (lactones) is 1. The van der Waals surface area contributed by atoms with Crippen LogP contribution in [0.5, 0.6) is 5.75 Å². The van der Waals surface area contributed by atoms with Gasteiger partial charge in [0, 0.05) is 5.56 Å². The van der Waals surface area contributed by atoms with Gasteiger partial charge < -0.3 is 13.9 Å². The third-order valence-corrected chi connectivity index (χ3v) is 12.5. The molecular formula is C24H36BrNO5Si.